The molecule has 3 fully saturated rings. The first kappa shape index (κ1) is 21.5. The molecule has 8 atom stereocenters. The van der Waals surface area contributed by atoms with Crippen molar-refractivity contribution in [1.29, 1.82) is 0 Å². The van der Waals surface area contributed by atoms with Crippen LogP contribution in [0.1, 0.15) is 67.2 Å². The van der Waals surface area contributed by atoms with E-state index in [1.54, 1.807) is 6.92 Å². The minimum Gasteiger partial charge on any atom is -0.384 e. The molecule has 1 aliphatic carbocycles. The van der Waals surface area contributed by atoms with Crippen LogP contribution in [-0.4, -0.2) is 52.9 Å². The second kappa shape index (κ2) is 7.54. The molecule has 6 heteroatoms. The molecule has 0 spiro atoms. The van der Waals surface area contributed by atoms with Gasteiger partial charge >= 0.3 is 0 Å². The molecular weight excluding hydrogens is 346 g/mol. The normalized spacial score (nSPS) is 48.0. The van der Waals surface area contributed by atoms with Crippen LogP contribution < -0.4 is 5.32 Å². The maximum atomic E-state index is 11.8. The van der Waals surface area contributed by atoms with Crippen LogP contribution >= 0.6 is 0 Å². The van der Waals surface area contributed by atoms with Crippen molar-refractivity contribution in [3.63, 3.8) is 0 Å². The molecule has 0 aromatic heterocycles. The minimum atomic E-state index is -1.29. The van der Waals surface area contributed by atoms with Gasteiger partial charge in [-0.05, 0) is 58.8 Å². The third kappa shape index (κ3) is 4.36. The molecule has 27 heavy (non-hydrogen) atoms. The Labute approximate surface area is 163 Å². The van der Waals surface area contributed by atoms with E-state index >= 15 is 0 Å². The lowest BCUT2D eigenvalue weighted by Gasteiger charge is -2.57. The number of nitrogens with one attached hydrogen (secondary N) is 1. The second-order valence-corrected chi connectivity index (χ2v) is 10.2. The molecule has 0 radical (unpaired) electrons. The van der Waals surface area contributed by atoms with E-state index in [1.807, 2.05) is 0 Å². The second-order valence-electron chi connectivity index (χ2n) is 10.2. The quantitative estimate of drug-likeness (QED) is 0.646. The molecular formula is C21H39NO5. The number of aliphatic hydroxyl groups is 2. The molecule has 0 aromatic carbocycles. The van der Waals surface area contributed by atoms with Gasteiger partial charge in [-0.1, -0.05) is 13.8 Å². The summed E-state index contributed by atoms with van der Waals surface area (Å²) in [5.41, 5.74) is -1.03. The van der Waals surface area contributed by atoms with Crippen LogP contribution in [0.3, 0.4) is 0 Å². The molecule has 3 rings (SSSR count). The van der Waals surface area contributed by atoms with Crippen molar-refractivity contribution in [2.45, 2.75) is 96.7 Å². The van der Waals surface area contributed by atoms with Crippen molar-refractivity contribution < 1.29 is 24.4 Å². The van der Waals surface area contributed by atoms with Crippen LogP contribution in [0.4, 0.5) is 0 Å². The molecule has 158 valence electrons. The monoisotopic (exact) mass is 385 g/mol. The summed E-state index contributed by atoms with van der Waals surface area (Å²) >= 11 is 0. The van der Waals surface area contributed by atoms with E-state index in [2.05, 4.69) is 39.9 Å². The van der Waals surface area contributed by atoms with Gasteiger partial charge in [0, 0.05) is 30.3 Å². The Morgan fingerprint density at radius 2 is 1.81 bits per heavy atom. The Bertz CT molecular complexity index is 519. The lowest BCUT2D eigenvalue weighted by atomic mass is 9.58. The van der Waals surface area contributed by atoms with Gasteiger partial charge in [0.1, 0.15) is 5.60 Å². The Kier molecular flexibility index (Phi) is 6.00. The molecule has 2 heterocycles. The first-order valence-electron chi connectivity index (χ1n) is 10.6. The largest absolute Gasteiger partial charge is 0.384 e. The smallest absolute Gasteiger partial charge is 0.193 e. The highest BCUT2D eigenvalue weighted by Gasteiger charge is 2.63. The topological polar surface area (TPSA) is 80.2 Å². The summed E-state index contributed by atoms with van der Waals surface area (Å²) in [6.07, 6.45) is 1.96. The van der Waals surface area contributed by atoms with E-state index in [1.165, 1.54) is 0 Å². The van der Waals surface area contributed by atoms with Gasteiger partial charge in [0.15, 0.2) is 18.4 Å². The molecule has 0 bridgehead atoms. The van der Waals surface area contributed by atoms with Gasteiger partial charge in [0.25, 0.3) is 0 Å². The predicted octanol–water partition coefficient (Wildman–Crippen LogP) is 2.62. The molecule has 6 nitrogen and oxygen atoms in total. The number of rotatable bonds is 4. The van der Waals surface area contributed by atoms with E-state index in [9.17, 15) is 10.2 Å². The highest BCUT2D eigenvalue weighted by Crippen LogP contribution is 2.55. The van der Waals surface area contributed by atoms with Crippen molar-refractivity contribution in [2.75, 3.05) is 13.2 Å². The fourth-order valence-electron chi connectivity index (χ4n) is 5.33. The van der Waals surface area contributed by atoms with Gasteiger partial charge in [-0.3, -0.25) is 0 Å². The molecule has 0 aromatic rings. The Morgan fingerprint density at radius 1 is 1.11 bits per heavy atom. The van der Waals surface area contributed by atoms with Crippen molar-refractivity contribution in [3.8, 4) is 0 Å². The molecule has 0 amide bonds. The van der Waals surface area contributed by atoms with Gasteiger partial charge in [-0.15, -0.1) is 0 Å². The zero-order valence-corrected chi connectivity index (χ0v) is 17.8. The zero-order chi connectivity index (χ0) is 20.0. The van der Waals surface area contributed by atoms with Gasteiger partial charge < -0.3 is 29.7 Å². The van der Waals surface area contributed by atoms with Crippen molar-refractivity contribution in [2.24, 2.45) is 23.7 Å². The average molecular weight is 386 g/mol. The number of ether oxygens (including phenoxy) is 3. The fourth-order valence-corrected chi connectivity index (χ4v) is 5.33. The first-order valence-corrected chi connectivity index (χ1v) is 10.6. The molecule has 1 saturated carbocycles. The molecule has 3 N–H and O–H groups in total. The Hall–Kier alpha value is -0.240. The first-order chi connectivity index (χ1) is 12.4. The summed E-state index contributed by atoms with van der Waals surface area (Å²) < 4.78 is 18.1. The van der Waals surface area contributed by atoms with Crippen LogP contribution in [-0.2, 0) is 14.2 Å². The van der Waals surface area contributed by atoms with Crippen LogP contribution in [0.2, 0.25) is 0 Å². The average Bonchev–Trinajstić information content (AvgIpc) is 2.63. The fraction of sp³-hybridized carbons (Fsp3) is 1.00. The van der Waals surface area contributed by atoms with Crippen LogP contribution in [0.25, 0.3) is 0 Å². The molecule has 3 aliphatic rings. The highest BCUT2D eigenvalue weighted by molar-refractivity contribution is 5.07. The van der Waals surface area contributed by atoms with Gasteiger partial charge in [-0.2, -0.15) is 0 Å². The molecule has 3 unspecified atom stereocenters. The standard InChI is InChI=1S/C21H39NO5/c1-13-7-8-16-14(2)17(25-12-11-22-19(3,4)5)26-18-21(16,24)15(13)9-10-20(6,23)27-18/h13-18,22-24H,7-12H2,1-6H3/t13-,14-,15?,16?,17?,18-,20+,21-/m1/s1. The van der Waals surface area contributed by atoms with Crippen molar-refractivity contribution >= 4 is 0 Å². The third-order valence-corrected chi connectivity index (χ3v) is 6.83. The third-order valence-electron chi connectivity index (χ3n) is 6.83. The maximum absolute atomic E-state index is 11.8. The van der Waals surface area contributed by atoms with Crippen LogP contribution in [0, 0.1) is 23.7 Å². The maximum Gasteiger partial charge on any atom is 0.193 e. The van der Waals surface area contributed by atoms with Gasteiger partial charge in [-0.25, -0.2) is 0 Å². The van der Waals surface area contributed by atoms with E-state index in [-0.39, 0.29) is 23.3 Å². The van der Waals surface area contributed by atoms with E-state index < -0.39 is 24.0 Å². The summed E-state index contributed by atoms with van der Waals surface area (Å²) in [4.78, 5) is 0. The highest BCUT2D eigenvalue weighted by atomic mass is 16.8. The lowest BCUT2D eigenvalue weighted by Crippen LogP contribution is -2.67. The Balaban J connectivity index is 1.75. The lowest BCUT2D eigenvalue weighted by molar-refractivity contribution is -0.408. The summed E-state index contributed by atoms with van der Waals surface area (Å²) in [5, 5.41) is 25.8. The van der Waals surface area contributed by atoms with Crippen LogP contribution in [0.15, 0.2) is 0 Å². The van der Waals surface area contributed by atoms with Crippen molar-refractivity contribution in [1.82, 2.24) is 5.32 Å². The summed E-state index contributed by atoms with van der Waals surface area (Å²) in [7, 11) is 0. The Morgan fingerprint density at radius 3 is 2.48 bits per heavy atom. The van der Waals surface area contributed by atoms with E-state index in [0.29, 0.717) is 18.9 Å². The van der Waals surface area contributed by atoms with Gasteiger partial charge in [0.2, 0.25) is 0 Å². The van der Waals surface area contributed by atoms with Crippen molar-refractivity contribution in [3.05, 3.63) is 0 Å². The minimum absolute atomic E-state index is 0.0402. The summed E-state index contributed by atoms with van der Waals surface area (Å²) in [6, 6.07) is 0. The van der Waals surface area contributed by atoms with E-state index in [0.717, 1.165) is 25.8 Å². The van der Waals surface area contributed by atoms with Gasteiger partial charge in [0.05, 0.1) is 6.61 Å². The molecule has 2 saturated heterocycles. The number of hydrogen-bond acceptors (Lipinski definition) is 6. The van der Waals surface area contributed by atoms with Crippen LogP contribution in [0.5, 0.6) is 0 Å². The SMILES string of the molecule is C[C@H]1C(OCCNC(C)(C)C)O[C@@H]2O[C@](C)(O)CCC3[C@H](C)CCC1[C@]32O. The summed E-state index contributed by atoms with van der Waals surface area (Å²) in [5.74, 6) is -0.716. The van der Waals surface area contributed by atoms with E-state index in [4.69, 9.17) is 14.2 Å². The summed E-state index contributed by atoms with van der Waals surface area (Å²) in [6.45, 7) is 13.6. The predicted molar refractivity (Wildman–Crippen MR) is 103 cm³/mol. The zero-order valence-electron chi connectivity index (χ0n) is 17.8. The number of hydrogen-bond donors (Lipinski definition) is 3. The molecule has 2 aliphatic heterocycles.